The fourth-order valence-electron chi connectivity index (χ4n) is 2.95. The van der Waals surface area contributed by atoms with Crippen molar-refractivity contribution in [2.24, 2.45) is 5.92 Å². The second-order valence-corrected chi connectivity index (χ2v) is 5.48. The molecule has 0 radical (unpaired) electrons. The average Bonchev–Trinajstić information content (AvgIpc) is 2.40. The van der Waals surface area contributed by atoms with E-state index in [1.165, 1.54) is 0 Å². The van der Waals surface area contributed by atoms with E-state index in [1.807, 2.05) is 0 Å². The molecule has 18 heavy (non-hydrogen) atoms. The van der Waals surface area contributed by atoms with Gasteiger partial charge in [0.15, 0.2) is 5.78 Å². The molecule has 3 heteroatoms. The van der Waals surface area contributed by atoms with Gasteiger partial charge in [-0.15, -0.1) is 0 Å². The van der Waals surface area contributed by atoms with E-state index < -0.39 is 0 Å². The molecule has 1 atom stereocenters. The van der Waals surface area contributed by atoms with Crippen molar-refractivity contribution >= 4 is 5.78 Å². The molecule has 1 rings (SSSR count). The summed E-state index contributed by atoms with van der Waals surface area (Å²) < 4.78 is 5.36. The molecule has 106 valence electrons. The summed E-state index contributed by atoms with van der Waals surface area (Å²) in [7, 11) is 0. The van der Waals surface area contributed by atoms with Gasteiger partial charge in [-0.1, -0.05) is 20.8 Å². The molecule has 0 N–H and O–H groups in total. The molecule has 3 nitrogen and oxygen atoms in total. The zero-order valence-corrected chi connectivity index (χ0v) is 12.5. The molecule has 0 aromatic heterocycles. The Morgan fingerprint density at radius 3 is 2.22 bits per heavy atom. The van der Waals surface area contributed by atoms with Gasteiger partial charge in [0.25, 0.3) is 0 Å². The molecule has 0 amide bonds. The molecular formula is C15H29NO2. The smallest absolute Gasteiger partial charge is 0.153 e. The van der Waals surface area contributed by atoms with Crippen molar-refractivity contribution in [2.75, 3.05) is 26.3 Å². The molecule has 1 unspecified atom stereocenters. The minimum Gasteiger partial charge on any atom is -0.381 e. The number of carbonyl (C=O) groups excluding carboxylic acids is 1. The third kappa shape index (κ3) is 3.55. The number of Topliss-reactive ketones (excluding diaryl/α,β-unsaturated/α-hetero) is 1. The minimum atomic E-state index is -0.276. The molecular weight excluding hydrogens is 226 g/mol. The van der Waals surface area contributed by atoms with Crippen LogP contribution in [0.15, 0.2) is 0 Å². The van der Waals surface area contributed by atoms with Gasteiger partial charge in [-0.3, -0.25) is 9.69 Å². The molecule has 1 aliphatic heterocycles. The van der Waals surface area contributed by atoms with E-state index in [9.17, 15) is 4.79 Å². The largest absolute Gasteiger partial charge is 0.381 e. The van der Waals surface area contributed by atoms with E-state index in [4.69, 9.17) is 4.74 Å². The van der Waals surface area contributed by atoms with Crippen LogP contribution >= 0.6 is 0 Å². The standard InChI is InChI=1S/C15H29NO2/c1-5-15(4,16(6-2)7-3)14(17)12-13-8-10-18-11-9-13/h13H,5-12H2,1-4H3. The van der Waals surface area contributed by atoms with Crippen molar-refractivity contribution in [1.82, 2.24) is 4.90 Å². The minimum absolute atomic E-state index is 0.276. The number of nitrogens with zero attached hydrogens (tertiary/aromatic N) is 1. The molecule has 1 heterocycles. The van der Waals surface area contributed by atoms with Crippen LogP contribution in [0, 0.1) is 5.92 Å². The summed E-state index contributed by atoms with van der Waals surface area (Å²) in [5.41, 5.74) is -0.276. The molecule has 0 aromatic rings. The van der Waals surface area contributed by atoms with Crippen LogP contribution in [0.4, 0.5) is 0 Å². The zero-order valence-electron chi connectivity index (χ0n) is 12.5. The van der Waals surface area contributed by atoms with Crippen molar-refractivity contribution in [2.45, 2.75) is 58.9 Å². The Balaban J connectivity index is 2.65. The lowest BCUT2D eigenvalue weighted by Crippen LogP contribution is -2.52. The van der Waals surface area contributed by atoms with Crippen LogP contribution in [0.3, 0.4) is 0 Å². The molecule has 0 bridgehead atoms. The number of hydrogen-bond donors (Lipinski definition) is 0. The summed E-state index contributed by atoms with van der Waals surface area (Å²) in [6.45, 7) is 12.1. The topological polar surface area (TPSA) is 29.5 Å². The average molecular weight is 255 g/mol. The first-order valence-electron chi connectivity index (χ1n) is 7.44. The van der Waals surface area contributed by atoms with E-state index in [-0.39, 0.29) is 5.54 Å². The Labute approximate surface area is 112 Å². The van der Waals surface area contributed by atoms with E-state index in [0.717, 1.165) is 52.0 Å². The lowest BCUT2D eigenvalue weighted by atomic mass is 9.83. The zero-order chi connectivity index (χ0) is 13.6. The molecule has 0 spiro atoms. The first-order valence-corrected chi connectivity index (χ1v) is 7.44. The van der Waals surface area contributed by atoms with Crippen molar-refractivity contribution in [3.05, 3.63) is 0 Å². The maximum atomic E-state index is 12.6. The highest BCUT2D eigenvalue weighted by Gasteiger charge is 2.36. The summed E-state index contributed by atoms with van der Waals surface area (Å²) >= 11 is 0. The Morgan fingerprint density at radius 1 is 1.22 bits per heavy atom. The van der Waals surface area contributed by atoms with E-state index >= 15 is 0 Å². The van der Waals surface area contributed by atoms with Crippen LogP contribution in [0.25, 0.3) is 0 Å². The highest BCUT2D eigenvalue weighted by molar-refractivity contribution is 5.88. The van der Waals surface area contributed by atoms with Gasteiger partial charge in [-0.05, 0) is 45.2 Å². The van der Waals surface area contributed by atoms with Gasteiger partial charge in [0.05, 0.1) is 5.54 Å². The second-order valence-electron chi connectivity index (χ2n) is 5.48. The first-order chi connectivity index (χ1) is 8.58. The van der Waals surface area contributed by atoms with Gasteiger partial charge >= 0.3 is 0 Å². The number of likely N-dealkylation sites (N-methyl/N-ethyl adjacent to an activating group) is 1. The summed E-state index contributed by atoms with van der Waals surface area (Å²) in [5, 5.41) is 0. The van der Waals surface area contributed by atoms with E-state index in [0.29, 0.717) is 11.7 Å². The molecule has 0 aliphatic carbocycles. The monoisotopic (exact) mass is 255 g/mol. The Morgan fingerprint density at radius 2 is 1.78 bits per heavy atom. The molecule has 0 aromatic carbocycles. The fourth-order valence-corrected chi connectivity index (χ4v) is 2.95. The predicted octanol–water partition coefficient (Wildman–Crippen LogP) is 2.88. The SMILES string of the molecule is CCN(CC)C(C)(CC)C(=O)CC1CCOCC1. The van der Waals surface area contributed by atoms with Crippen LogP contribution in [0.1, 0.15) is 53.4 Å². The van der Waals surface area contributed by atoms with E-state index in [1.54, 1.807) is 0 Å². The van der Waals surface area contributed by atoms with Crippen LogP contribution < -0.4 is 0 Å². The Bertz CT molecular complexity index is 257. The summed E-state index contributed by atoms with van der Waals surface area (Å²) in [6, 6.07) is 0. The molecule has 1 aliphatic rings. The van der Waals surface area contributed by atoms with Crippen molar-refractivity contribution < 1.29 is 9.53 Å². The maximum absolute atomic E-state index is 12.6. The lowest BCUT2D eigenvalue weighted by Gasteiger charge is -2.39. The van der Waals surface area contributed by atoms with E-state index in [2.05, 4.69) is 32.6 Å². The summed E-state index contributed by atoms with van der Waals surface area (Å²) in [5.74, 6) is 0.952. The summed E-state index contributed by atoms with van der Waals surface area (Å²) in [4.78, 5) is 14.9. The van der Waals surface area contributed by atoms with Crippen molar-refractivity contribution in [3.63, 3.8) is 0 Å². The van der Waals surface area contributed by atoms with Gasteiger partial charge in [0.2, 0.25) is 0 Å². The van der Waals surface area contributed by atoms with Gasteiger partial charge < -0.3 is 4.74 Å². The predicted molar refractivity (Wildman–Crippen MR) is 74.8 cm³/mol. The highest BCUT2D eigenvalue weighted by atomic mass is 16.5. The van der Waals surface area contributed by atoms with Gasteiger partial charge in [-0.25, -0.2) is 0 Å². The second kappa shape index (κ2) is 7.25. The molecule has 1 saturated heterocycles. The van der Waals surface area contributed by atoms with Gasteiger partial charge in [-0.2, -0.15) is 0 Å². The number of ketones is 1. The Hall–Kier alpha value is -0.410. The third-order valence-electron chi connectivity index (χ3n) is 4.57. The van der Waals surface area contributed by atoms with Gasteiger partial charge in [0.1, 0.15) is 0 Å². The first kappa shape index (κ1) is 15.6. The molecule has 0 saturated carbocycles. The van der Waals surface area contributed by atoms with Crippen LogP contribution in [-0.2, 0) is 9.53 Å². The number of carbonyl (C=O) groups is 1. The highest BCUT2D eigenvalue weighted by Crippen LogP contribution is 2.27. The third-order valence-corrected chi connectivity index (χ3v) is 4.57. The van der Waals surface area contributed by atoms with Crippen LogP contribution in [0.2, 0.25) is 0 Å². The quantitative estimate of drug-likeness (QED) is 0.700. The fraction of sp³-hybridized carbons (Fsp3) is 0.933. The van der Waals surface area contributed by atoms with Crippen LogP contribution in [-0.4, -0.2) is 42.5 Å². The summed E-state index contributed by atoms with van der Waals surface area (Å²) in [6.07, 6.45) is 3.72. The maximum Gasteiger partial charge on any atom is 0.153 e. The van der Waals surface area contributed by atoms with Crippen LogP contribution in [0.5, 0.6) is 0 Å². The van der Waals surface area contributed by atoms with Crippen molar-refractivity contribution in [3.8, 4) is 0 Å². The number of ether oxygens (including phenoxy) is 1. The number of hydrogen-bond acceptors (Lipinski definition) is 3. The number of rotatable bonds is 7. The normalized spacial score (nSPS) is 20.9. The van der Waals surface area contributed by atoms with Gasteiger partial charge in [0, 0.05) is 19.6 Å². The van der Waals surface area contributed by atoms with Crippen molar-refractivity contribution in [1.29, 1.82) is 0 Å². The Kier molecular flexibility index (Phi) is 6.30. The lowest BCUT2D eigenvalue weighted by molar-refractivity contribution is -0.132. The molecule has 1 fully saturated rings.